The number of hydrogen-bond acceptors (Lipinski definition) is 6. The summed E-state index contributed by atoms with van der Waals surface area (Å²) in [5.41, 5.74) is 0. The van der Waals surface area contributed by atoms with Crippen LogP contribution in [0.25, 0.3) is 0 Å². The second-order valence-corrected chi connectivity index (χ2v) is 4.20. The van der Waals surface area contributed by atoms with Crippen molar-refractivity contribution in [3.8, 4) is 0 Å². The van der Waals surface area contributed by atoms with E-state index in [4.69, 9.17) is 4.74 Å². The van der Waals surface area contributed by atoms with Gasteiger partial charge in [0.05, 0.1) is 13.0 Å². The van der Waals surface area contributed by atoms with Crippen molar-refractivity contribution in [3.05, 3.63) is 47.5 Å². The third-order valence-electron chi connectivity index (χ3n) is 2.01. The minimum absolute atomic E-state index is 0.199. The minimum atomic E-state index is -0.199. The van der Waals surface area contributed by atoms with Crippen molar-refractivity contribution in [2.45, 2.75) is 19.8 Å². The highest BCUT2D eigenvalue weighted by Crippen LogP contribution is 1.96. The Kier molecular flexibility index (Phi) is 8.05. The monoisotopic (exact) mass is 338 g/mol. The highest BCUT2D eigenvalue weighted by atomic mass is 79.9. The maximum absolute atomic E-state index is 10.9. The summed E-state index contributed by atoms with van der Waals surface area (Å²) in [4.78, 5) is 26.5. The molecule has 0 amide bonds. The maximum Gasteiger partial charge on any atom is 0.306 e. The summed E-state index contributed by atoms with van der Waals surface area (Å²) in [7, 11) is 0. The Bertz CT molecular complexity index is 496. The van der Waals surface area contributed by atoms with E-state index in [0.717, 1.165) is 0 Å². The fourth-order valence-electron chi connectivity index (χ4n) is 1.19. The number of aryl methyl sites for hydroxylation is 1. The molecule has 0 saturated heterocycles. The van der Waals surface area contributed by atoms with Crippen LogP contribution in [-0.2, 0) is 16.0 Å². The molecule has 7 heteroatoms. The molecule has 0 bridgehead atoms. The van der Waals surface area contributed by atoms with Crippen LogP contribution in [0.15, 0.2) is 41.7 Å². The summed E-state index contributed by atoms with van der Waals surface area (Å²) in [6.45, 7) is 2.21. The first-order valence-corrected chi connectivity index (χ1v) is 6.85. The van der Waals surface area contributed by atoms with Crippen molar-refractivity contribution in [2.24, 2.45) is 0 Å². The predicted octanol–water partition coefficient (Wildman–Crippen LogP) is 2.21. The molecule has 0 aliphatic rings. The predicted molar refractivity (Wildman–Crippen MR) is 76.7 cm³/mol. The third kappa shape index (κ3) is 7.52. The van der Waals surface area contributed by atoms with E-state index in [2.05, 4.69) is 35.9 Å². The maximum atomic E-state index is 10.9. The molecule has 0 aliphatic heterocycles. The summed E-state index contributed by atoms with van der Waals surface area (Å²) in [6.07, 6.45) is 7.56. The quantitative estimate of drug-likeness (QED) is 0.628. The summed E-state index contributed by atoms with van der Waals surface area (Å²) >= 11 is 3.09. The van der Waals surface area contributed by atoms with Crippen LogP contribution in [-0.4, -0.2) is 32.5 Å². The fraction of sp³-hybridized carbons (Fsp3) is 0.308. The summed E-state index contributed by atoms with van der Waals surface area (Å²) in [5, 5.41) is 0. The Hall–Kier alpha value is -1.89. The van der Waals surface area contributed by atoms with E-state index in [1.165, 1.54) is 0 Å². The molecule has 0 saturated carbocycles. The van der Waals surface area contributed by atoms with Gasteiger partial charge in [-0.25, -0.2) is 19.9 Å². The Labute approximate surface area is 125 Å². The van der Waals surface area contributed by atoms with E-state index < -0.39 is 0 Å². The number of carbonyl (C=O) groups is 1. The topological polar surface area (TPSA) is 77.9 Å². The second kappa shape index (κ2) is 9.96. The number of halogens is 1. The van der Waals surface area contributed by atoms with Gasteiger partial charge in [-0.3, -0.25) is 4.79 Å². The van der Waals surface area contributed by atoms with E-state index in [1.807, 2.05) is 0 Å². The molecule has 0 fully saturated rings. The van der Waals surface area contributed by atoms with Gasteiger partial charge in [0.2, 0.25) is 0 Å². The first kappa shape index (κ1) is 16.2. The lowest BCUT2D eigenvalue weighted by Gasteiger charge is -1.99. The van der Waals surface area contributed by atoms with Crippen LogP contribution in [0.2, 0.25) is 0 Å². The van der Waals surface area contributed by atoms with Gasteiger partial charge in [-0.2, -0.15) is 0 Å². The molecule has 0 radical (unpaired) electrons. The first-order chi connectivity index (χ1) is 9.72. The molecule has 2 aromatic heterocycles. The van der Waals surface area contributed by atoms with Gasteiger partial charge in [0.25, 0.3) is 0 Å². The molecule has 2 heterocycles. The van der Waals surface area contributed by atoms with Gasteiger partial charge >= 0.3 is 5.97 Å². The van der Waals surface area contributed by atoms with E-state index >= 15 is 0 Å². The van der Waals surface area contributed by atoms with Crippen LogP contribution < -0.4 is 0 Å². The second-order valence-electron chi connectivity index (χ2n) is 3.49. The normalized spacial score (nSPS) is 9.30. The minimum Gasteiger partial charge on any atom is -0.466 e. The van der Waals surface area contributed by atoms with Crippen LogP contribution in [0.1, 0.15) is 19.2 Å². The number of rotatable bonds is 4. The number of aromatic nitrogens is 4. The molecule has 106 valence electrons. The average Bonchev–Trinajstić information content (AvgIpc) is 2.48. The van der Waals surface area contributed by atoms with Crippen molar-refractivity contribution in [3.63, 3.8) is 0 Å². The average molecular weight is 339 g/mol. The van der Waals surface area contributed by atoms with Crippen LogP contribution in [0.5, 0.6) is 0 Å². The Morgan fingerprint density at radius 3 is 2.10 bits per heavy atom. The summed E-state index contributed by atoms with van der Waals surface area (Å²) in [6, 6.07) is 3.51. The Balaban J connectivity index is 0.000000240. The van der Waals surface area contributed by atoms with Crippen molar-refractivity contribution >= 4 is 21.9 Å². The number of nitrogens with zero attached hydrogens (tertiary/aromatic N) is 4. The van der Waals surface area contributed by atoms with Crippen LogP contribution in [0.4, 0.5) is 0 Å². The Morgan fingerprint density at radius 1 is 1.10 bits per heavy atom. The molecular weight excluding hydrogens is 324 g/mol. The zero-order valence-electron chi connectivity index (χ0n) is 11.1. The molecule has 2 rings (SSSR count). The van der Waals surface area contributed by atoms with Gasteiger partial charge in [0, 0.05) is 31.2 Å². The van der Waals surface area contributed by atoms with E-state index in [0.29, 0.717) is 30.0 Å². The molecular formula is C13H15BrN4O2. The van der Waals surface area contributed by atoms with Crippen LogP contribution >= 0.6 is 15.9 Å². The van der Waals surface area contributed by atoms with E-state index in [1.54, 1.807) is 43.8 Å². The number of carbonyl (C=O) groups excluding carboxylic acids is 1. The van der Waals surface area contributed by atoms with Gasteiger partial charge in [0.15, 0.2) is 4.73 Å². The molecule has 0 spiro atoms. The first-order valence-electron chi connectivity index (χ1n) is 6.06. The zero-order chi connectivity index (χ0) is 14.6. The largest absolute Gasteiger partial charge is 0.466 e. The molecule has 0 atom stereocenters. The van der Waals surface area contributed by atoms with Crippen molar-refractivity contribution in [1.82, 2.24) is 19.9 Å². The highest BCUT2D eigenvalue weighted by molar-refractivity contribution is 9.10. The third-order valence-corrected chi connectivity index (χ3v) is 2.42. The van der Waals surface area contributed by atoms with Gasteiger partial charge in [-0.15, -0.1) is 0 Å². The highest BCUT2D eigenvalue weighted by Gasteiger charge is 2.03. The molecule has 20 heavy (non-hydrogen) atoms. The van der Waals surface area contributed by atoms with E-state index in [-0.39, 0.29) is 5.97 Å². The Morgan fingerprint density at radius 2 is 1.65 bits per heavy atom. The van der Waals surface area contributed by atoms with E-state index in [9.17, 15) is 4.79 Å². The van der Waals surface area contributed by atoms with Crippen molar-refractivity contribution < 1.29 is 9.53 Å². The van der Waals surface area contributed by atoms with Crippen LogP contribution in [0.3, 0.4) is 0 Å². The zero-order valence-corrected chi connectivity index (χ0v) is 12.7. The van der Waals surface area contributed by atoms with Gasteiger partial charge in [-0.1, -0.05) is 0 Å². The van der Waals surface area contributed by atoms with Crippen molar-refractivity contribution in [2.75, 3.05) is 6.61 Å². The van der Waals surface area contributed by atoms with Crippen molar-refractivity contribution in [1.29, 1.82) is 0 Å². The molecule has 2 aromatic rings. The summed E-state index contributed by atoms with van der Waals surface area (Å²) in [5.74, 6) is 0.477. The van der Waals surface area contributed by atoms with Crippen LogP contribution in [0, 0.1) is 0 Å². The molecule has 6 nitrogen and oxygen atoms in total. The SMILES string of the molecule is Brc1ncccn1.CCOC(=O)CCc1ncccn1. The standard InChI is InChI=1S/C9H12N2O2.C4H3BrN2/c1-2-13-9(12)5-4-8-10-6-3-7-11-8;5-4-6-2-1-3-7-4/h3,6-7H,2,4-5H2,1H3;1-3H. The van der Waals surface area contributed by atoms with Gasteiger partial charge in [0.1, 0.15) is 5.82 Å². The lowest BCUT2D eigenvalue weighted by atomic mass is 10.3. The molecule has 0 aromatic carbocycles. The fourth-order valence-corrected chi connectivity index (χ4v) is 1.42. The summed E-state index contributed by atoms with van der Waals surface area (Å²) < 4.78 is 5.40. The lowest BCUT2D eigenvalue weighted by molar-refractivity contribution is -0.143. The van der Waals surface area contributed by atoms with Gasteiger partial charge in [-0.05, 0) is 35.0 Å². The lowest BCUT2D eigenvalue weighted by Crippen LogP contribution is -2.06. The van der Waals surface area contributed by atoms with Gasteiger partial charge < -0.3 is 4.74 Å². The number of hydrogen-bond donors (Lipinski definition) is 0. The molecule has 0 N–H and O–H groups in total. The molecule has 0 aliphatic carbocycles. The molecule has 0 unspecified atom stereocenters. The number of ether oxygens (including phenoxy) is 1. The number of esters is 1. The smallest absolute Gasteiger partial charge is 0.306 e.